The molecule has 18 heavy (non-hydrogen) atoms. The van der Waals surface area contributed by atoms with E-state index in [0.29, 0.717) is 12.1 Å². The first kappa shape index (κ1) is 13.1. The van der Waals surface area contributed by atoms with Gasteiger partial charge < -0.3 is 5.73 Å². The predicted molar refractivity (Wildman–Crippen MR) is 69.9 cm³/mol. The maximum absolute atomic E-state index is 11.6. The van der Waals surface area contributed by atoms with Gasteiger partial charge in [0, 0.05) is 23.8 Å². The molecule has 0 saturated heterocycles. The number of hydrogen-bond acceptors (Lipinski definition) is 3. The summed E-state index contributed by atoms with van der Waals surface area (Å²) in [5.74, 6) is -0.329. The van der Waals surface area contributed by atoms with Crippen LogP contribution < -0.4 is 11.1 Å². The molecule has 0 spiro atoms. The highest BCUT2D eigenvalue weighted by Gasteiger charge is 2.25. The molecule has 1 amide bonds. The molecule has 1 aromatic heterocycles. The Labute approximate surface area is 108 Å². The quantitative estimate of drug-likeness (QED) is 0.832. The minimum absolute atomic E-state index is 0.291. The van der Waals surface area contributed by atoms with Crippen LogP contribution in [0.1, 0.15) is 57.2 Å². The molecule has 1 saturated carbocycles. The zero-order chi connectivity index (χ0) is 13.1. The van der Waals surface area contributed by atoms with Gasteiger partial charge in [0.15, 0.2) is 0 Å². The van der Waals surface area contributed by atoms with Gasteiger partial charge in [0.1, 0.15) is 6.04 Å². The number of aromatic nitrogens is 2. The normalized spacial score (nSPS) is 18.4. The summed E-state index contributed by atoms with van der Waals surface area (Å²) in [5.41, 5.74) is 6.36. The molecule has 5 nitrogen and oxygen atoms in total. The van der Waals surface area contributed by atoms with Gasteiger partial charge in [-0.05, 0) is 26.7 Å². The molecule has 1 atom stereocenters. The number of nitrogens with one attached hydrogen (secondary N) is 1. The summed E-state index contributed by atoms with van der Waals surface area (Å²) < 4.78 is 1.85. The SMILES string of the molecule is CC(C)n1cc(C(NC2CCCC2)C(N)=O)cn1. The average molecular weight is 250 g/mol. The van der Waals surface area contributed by atoms with Crippen LogP contribution >= 0.6 is 0 Å². The van der Waals surface area contributed by atoms with Crippen LogP contribution in [0.3, 0.4) is 0 Å². The molecule has 2 rings (SSSR count). The van der Waals surface area contributed by atoms with Crippen molar-refractivity contribution in [2.45, 2.75) is 57.7 Å². The molecular weight excluding hydrogens is 228 g/mol. The van der Waals surface area contributed by atoms with Crippen LogP contribution in [0.5, 0.6) is 0 Å². The highest BCUT2D eigenvalue weighted by atomic mass is 16.1. The van der Waals surface area contributed by atoms with E-state index in [-0.39, 0.29) is 5.91 Å². The second-order valence-electron chi connectivity index (χ2n) is 5.33. The van der Waals surface area contributed by atoms with Crippen LogP contribution in [0.2, 0.25) is 0 Å². The van der Waals surface area contributed by atoms with E-state index < -0.39 is 6.04 Å². The lowest BCUT2D eigenvalue weighted by Gasteiger charge is -2.19. The van der Waals surface area contributed by atoms with Crippen molar-refractivity contribution in [1.82, 2.24) is 15.1 Å². The van der Waals surface area contributed by atoms with Crippen LogP contribution in [0, 0.1) is 0 Å². The molecule has 3 N–H and O–H groups in total. The molecule has 1 aliphatic carbocycles. The van der Waals surface area contributed by atoms with E-state index >= 15 is 0 Å². The van der Waals surface area contributed by atoms with E-state index in [4.69, 9.17) is 5.73 Å². The van der Waals surface area contributed by atoms with E-state index in [0.717, 1.165) is 18.4 Å². The van der Waals surface area contributed by atoms with Crippen molar-refractivity contribution in [1.29, 1.82) is 0 Å². The third kappa shape index (κ3) is 2.90. The van der Waals surface area contributed by atoms with Crippen molar-refractivity contribution in [2.24, 2.45) is 5.73 Å². The van der Waals surface area contributed by atoms with E-state index in [1.54, 1.807) is 6.20 Å². The molecule has 1 fully saturated rings. The lowest BCUT2D eigenvalue weighted by Crippen LogP contribution is -2.38. The number of hydrogen-bond donors (Lipinski definition) is 2. The first-order chi connectivity index (χ1) is 8.58. The first-order valence-electron chi connectivity index (χ1n) is 6.67. The smallest absolute Gasteiger partial charge is 0.239 e. The van der Waals surface area contributed by atoms with Crippen LogP contribution in [0.4, 0.5) is 0 Å². The largest absolute Gasteiger partial charge is 0.368 e. The van der Waals surface area contributed by atoms with Crippen molar-refractivity contribution >= 4 is 5.91 Å². The zero-order valence-corrected chi connectivity index (χ0v) is 11.1. The van der Waals surface area contributed by atoms with Gasteiger partial charge in [-0.1, -0.05) is 12.8 Å². The summed E-state index contributed by atoms with van der Waals surface area (Å²) in [6, 6.07) is 0.282. The Hall–Kier alpha value is -1.36. The highest BCUT2D eigenvalue weighted by molar-refractivity contribution is 5.81. The van der Waals surface area contributed by atoms with Gasteiger partial charge in [-0.3, -0.25) is 14.8 Å². The summed E-state index contributed by atoms with van der Waals surface area (Å²) in [7, 11) is 0. The number of amides is 1. The fourth-order valence-corrected chi connectivity index (χ4v) is 2.46. The molecule has 1 unspecified atom stereocenters. The van der Waals surface area contributed by atoms with Crippen LogP contribution in [-0.2, 0) is 4.79 Å². The third-order valence-corrected chi connectivity index (χ3v) is 3.53. The second kappa shape index (κ2) is 5.52. The van der Waals surface area contributed by atoms with E-state index in [1.165, 1.54) is 12.8 Å². The van der Waals surface area contributed by atoms with E-state index in [2.05, 4.69) is 24.3 Å². The lowest BCUT2D eigenvalue weighted by molar-refractivity contribution is -0.120. The number of nitrogens with two attached hydrogens (primary N) is 1. The number of rotatable bonds is 5. The van der Waals surface area contributed by atoms with Gasteiger partial charge in [0.05, 0.1) is 6.20 Å². The summed E-state index contributed by atoms with van der Waals surface area (Å²) in [6.07, 6.45) is 8.35. The Morgan fingerprint density at radius 2 is 2.17 bits per heavy atom. The Balaban J connectivity index is 2.10. The second-order valence-corrected chi connectivity index (χ2v) is 5.33. The first-order valence-corrected chi connectivity index (χ1v) is 6.67. The lowest BCUT2D eigenvalue weighted by atomic mass is 10.1. The van der Waals surface area contributed by atoms with Crippen molar-refractivity contribution in [3.63, 3.8) is 0 Å². The van der Waals surface area contributed by atoms with Crippen LogP contribution in [-0.4, -0.2) is 21.7 Å². The minimum atomic E-state index is -0.416. The Morgan fingerprint density at radius 3 is 2.67 bits per heavy atom. The molecule has 5 heteroatoms. The molecule has 0 aliphatic heterocycles. The van der Waals surface area contributed by atoms with Gasteiger partial charge >= 0.3 is 0 Å². The average Bonchev–Trinajstić information content (AvgIpc) is 2.96. The van der Waals surface area contributed by atoms with E-state index in [9.17, 15) is 4.79 Å². The Morgan fingerprint density at radius 1 is 1.50 bits per heavy atom. The Kier molecular flexibility index (Phi) is 4.01. The third-order valence-electron chi connectivity index (χ3n) is 3.53. The van der Waals surface area contributed by atoms with Crippen molar-refractivity contribution < 1.29 is 4.79 Å². The standard InChI is InChI=1S/C13H22N4O/c1-9(2)17-8-10(7-15-17)12(13(14)18)16-11-5-3-4-6-11/h7-9,11-12,16H,3-6H2,1-2H3,(H2,14,18). The summed E-state index contributed by atoms with van der Waals surface area (Å²) >= 11 is 0. The molecule has 100 valence electrons. The monoisotopic (exact) mass is 250 g/mol. The zero-order valence-electron chi connectivity index (χ0n) is 11.1. The van der Waals surface area contributed by atoms with Crippen molar-refractivity contribution in [2.75, 3.05) is 0 Å². The molecular formula is C13H22N4O. The maximum atomic E-state index is 11.6. The minimum Gasteiger partial charge on any atom is -0.368 e. The topological polar surface area (TPSA) is 72.9 Å². The van der Waals surface area contributed by atoms with E-state index in [1.807, 2.05) is 10.9 Å². The van der Waals surface area contributed by atoms with Gasteiger partial charge in [-0.15, -0.1) is 0 Å². The van der Waals surface area contributed by atoms with Gasteiger partial charge in [-0.2, -0.15) is 5.10 Å². The molecule has 1 heterocycles. The molecule has 0 bridgehead atoms. The van der Waals surface area contributed by atoms with Gasteiger partial charge in [0.25, 0.3) is 0 Å². The number of nitrogens with zero attached hydrogens (tertiary/aromatic N) is 2. The molecule has 1 aliphatic rings. The van der Waals surface area contributed by atoms with Crippen LogP contribution in [0.25, 0.3) is 0 Å². The molecule has 0 radical (unpaired) electrons. The van der Waals surface area contributed by atoms with Crippen LogP contribution in [0.15, 0.2) is 12.4 Å². The summed E-state index contributed by atoms with van der Waals surface area (Å²) in [4.78, 5) is 11.6. The predicted octanol–water partition coefficient (Wildman–Crippen LogP) is 1.52. The maximum Gasteiger partial charge on any atom is 0.239 e. The summed E-state index contributed by atoms with van der Waals surface area (Å²) in [6.45, 7) is 4.11. The fourth-order valence-electron chi connectivity index (χ4n) is 2.46. The van der Waals surface area contributed by atoms with Gasteiger partial charge in [-0.25, -0.2) is 0 Å². The number of carbonyl (C=O) groups is 1. The number of carbonyl (C=O) groups excluding carboxylic acids is 1. The molecule has 0 aromatic carbocycles. The molecule has 1 aromatic rings. The fraction of sp³-hybridized carbons (Fsp3) is 0.692. The van der Waals surface area contributed by atoms with Crippen molar-refractivity contribution in [3.05, 3.63) is 18.0 Å². The van der Waals surface area contributed by atoms with Crippen molar-refractivity contribution in [3.8, 4) is 0 Å². The summed E-state index contributed by atoms with van der Waals surface area (Å²) in [5, 5.41) is 7.62. The highest BCUT2D eigenvalue weighted by Crippen LogP contribution is 2.22. The Bertz CT molecular complexity index is 407. The number of primary amides is 1. The van der Waals surface area contributed by atoms with Gasteiger partial charge in [0.2, 0.25) is 5.91 Å².